The van der Waals surface area contributed by atoms with Gasteiger partial charge in [0.1, 0.15) is 11.8 Å². The zero-order chi connectivity index (χ0) is 32.2. The molecule has 0 aromatic heterocycles. The molecule has 0 unspecified atom stereocenters. The Labute approximate surface area is 270 Å². The standard InChI is InChI=1S/C34H32F2N4O5.ClH/c1-20(37-3)31(42)38-27-19-40(32(43)24-14-12-22(13-15-24)21(2)41)29-11-7-6-10-28(29)39(33(27)44)18-26-25-9-5-4-8-23(25)16-17-30(26)45-34(35)36;/h4-17,20,27,34,37H,18-19H2,1-3H3,(H,38,42);1H/t20-,27-;/m0./s1. The number of rotatable bonds is 9. The summed E-state index contributed by atoms with van der Waals surface area (Å²) >= 11 is 0. The van der Waals surface area contributed by atoms with E-state index in [0.29, 0.717) is 27.9 Å². The molecule has 46 heavy (non-hydrogen) atoms. The number of hydrogen-bond acceptors (Lipinski definition) is 6. The van der Waals surface area contributed by atoms with Crippen LogP contribution in [0.2, 0.25) is 0 Å². The minimum Gasteiger partial charge on any atom is -0.434 e. The molecule has 12 heteroatoms. The van der Waals surface area contributed by atoms with Crippen molar-refractivity contribution in [1.29, 1.82) is 0 Å². The van der Waals surface area contributed by atoms with Crippen molar-refractivity contribution in [3.63, 3.8) is 0 Å². The Balaban J connectivity index is 0.00000480. The van der Waals surface area contributed by atoms with E-state index in [1.165, 1.54) is 34.9 Å². The first-order valence-corrected chi connectivity index (χ1v) is 14.4. The van der Waals surface area contributed by atoms with Crippen LogP contribution in [0.15, 0.2) is 84.9 Å². The van der Waals surface area contributed by atoms with E-state index in [0.717, 1.165) is 5.39 Å². The molecule has 2 atom stereocenters. The van der Waals surface area contributed by atoms with E-state index < -0.39 is 36.4 Å². The van der Waals surface area contributed by atoms with Crippen LogP contribution >= 0.6 is 12.4 Å². The summed E-state index contributed by atoms with van der Waals surface area (Å²) in [7, 11) is 1.60. The smallest absolute Gasteiger partial charge is 0.387 e. The van der Waals surface area contributed by atoms with Crippen molar-refractivity contribution in [2.24, 2.45) is 0 Å². The Morgan fingerprint density at radius 1 is 0.913 bits per heavy atom. The van der Waals surface area contributed by atoms with Gasteiger partial charge in [0.05, 0.1) is 30.5 Å². The number of carbonyl (C=O) groups excluding carboxylic acids is 4. The molecular weight excluding hydrogens is 618 g/mol. The highest BCUT2D eigenvalue weighted by Crippen LogP contribution is 2.38. The quantitative estimate of drug-likeness (QED) is 0.237. The number of para-hydroxylation sites is 2. The van der Waals surface area contributed by atoms with Crippen LogP contribution in [-0.4, -0.2) is 55.8 Å². The molecule has 3 amide bonds. The van der Waals surface area contributed by atoms with Gasteiger partial charge in [-0.25, -0.2) is 0 Å². The summed E-state index contributed by atoms with van der Waals surface area (Å²) in [4.78, 5) is 56.1. The zero-order valence-corrected chi connectivity index (χ0v) is 26.1. The zero-order valence-electron chi connectivity index (χ0n) is 25.3. The molecule has 0 bridgehead atoms. The van der Waals surface area contributed by atoms with Crippen LogP contribution in [0.25, 0.3) is 10.8 Å². The van der Waals surface area contributed by atoms with E-state index in [-0.39, 0.29) is 42.6 Å². The molecule has 5 rings (SSSR count). The van der Waals surface area contributed by atoms with Crippen LogP contribution in [0.4, 0.5) is 20.2 Å². The lowest BCUT2D eigenvalue weighted by Crippen LogP contribution is -2.55. The topological polar surface area (TPSA) is 108 Å². The second-order valence-electron chi connectivity index (χ2n) is 10.7. The minimum absolute atomic E-state index is 0. The third kappa shape index (κ3) is 7.00. The Kier molecular flexibility index (Phi) is 10.7. The van der Waals surface area contributed by atoms with Gasteiger partial charge in [-0.15, -0.1) is 12.4 Å². The number of ketones is 1. The number of nitrogens with one attached hydrogen (secondary N) is 2. The first-order valence-electron chi connectivity index (χ1n) is 14.4. The maximum absolute atomic E-state index is 14.4. The number of likely N-dealkylation sites (N-methyl/N-ethyl adjacent to an activating group) is 1. The van der Waals surface area contributed by atoms with Crippen LogP contribution < -0.4 is 25.2 Å². The predicted octanol–water partition coefficient (Wildman–Crippen LogP) is 5.35. The van der Waals surface area contributed by atoms with Gasteiger partial charge in [-0.3, -0.25) is 19.2 Å². The monoisotopic (exact) mass is 650 g/mol. The molecule has 2 N–H and O–H groups in total. The lowest BCUT2D eigenvalue weighted by Gasteiger charge is -2.27. The van der Waals surface area contributed by atoms with Crippen LogP contribution in [0.1, 0.15) is 40.1 Å². The van der Waals surface area contributed by atoms with Crippen molar-refractivity contribution < 1.29 is 32.7 Å². The Bertz CT molecular complexity index is 1770. The molecule has 4 aromatic rings. The maximum atomic E-state index is 14.4. The summed E-state index contributed by atoms with van der Waals surface area (Å²) < 4.78 is 31.9. The number of ether oxygens (including phenoxy) is 1. The molecule has 240 valence electrons. The lowest BCUT2D eigenvalue weighted by atomic mass is 10.0. The molecule has 9 nitrogen and oxygen atoms in total. The molecule has 0 spiro atoms. The highest BCUT2D eigenvalue weighted by molar-refractivity contribution is 6.13. The van der Waals surface area contributed by atoms with Gasteiger partial charge in [0.2, 0.25) is 5.91 Å². The molecule has 0 radical (unpaired) electrons. The van der Waals surface area contributed by atoms with Crippen LogP contribution in [0, 0.1) is 0 Å². The average Bonchev–Trinajstić information content (AvgIpc) is 3.15. The van der Waals surface area contributed by atoms with Gasteiger partial charge in [0.25, 0.3) is 11.8 Å². The Hall–Kier alpha value is -4.87. The van der Waals surface area contributed by atoms with E-state index in [1.807, 2.05) is 12.1 Å². The van der Waals surface area contributed by atoms with Gasteiger partial charge in [-0.05, 0) is 62.0 Å². The number of benzene rings is 4. The lowest BCUT2D eigenvalue weighted by molar-refractivity contribution is -0.128. The molecule has 1 aliphatic rings. The molecule has 1 aliphatic heterocycles. The van der Waals surface area contributed by atoms with Gasteiger partial charge >= 0.3 is 6.61 Å². The summed E-state index contributed by atoms with van der Waals surface area (Å²) in [6.07, 6.45) is 0. The largest absolute Gasteiger partial charge is 0.434 e. The normalized spacial score (nSPS) is 15.1. The molecule has 0 saturated heterocycles. The van der Waals surface area contributed by atoms with Gasteiger partial charge in [-0.1, -0.05) is 54.6 Å². The highest BCUT2D eigenvalue weighted by atomic mass is 35.5. The van der Waals surface area contributed by atoms with E-state index in [4.69, 9.17) is 4.74 Å². The number of anilines is 2. The summed E-state index contributed by atoms with van der Waals surface area (Å²) in [5, 5.41) is 6.97. The number of halogens is 3. The van der Waals surface area contributed by atoms with Gasteiger partial charge in [0, 0.05) is 16.7 Å². The van der Waals surface area contributed by atoms with Gasteiger partial charge < -0.3 is 25.2 Å². The van der Waals surface area contributed by atoms with E-state index in [2.05, 4.69) is 10.6 Å². The average molecular weight is 651 g/mol. The molecule has 0 aliphatic carbocycles. The van der Waals surface area contributed by atoms with Crippen molar-refractivity contribution in [1.82, 2.24) is 10.6 Å². The SMILES string of the molecule is CN[C@@H](C)C(=O)N[C@H]1CN(C(=O)c2ccc(C(C)=O)cc2)c2ccccc2N(Cc2c(OC(F)F)ccc3ccccc23)C1=O.Cl. The van der Waals surface area contributed by atoms with Gasteiger partial charge in [-0.2, -0.15) is 8.78 Å². The van der Waals surface area contributed by atoms with Crippen molar-refractivity contribution in [3.05, 3.63) is 102 Å². The Morgan fingerprint density at radius 3 is 2.20 bits per heavy atom. The van der Waals surface area contributed by atoms with Crippen molar-refractivity contribution in [2.75, 3.05) is 23.4 Å². The summed E-state index contributed by atoms with van der Waals surface area (Å²) in [5.74, 6) is -1.72. The minimum atomic E-state index is -3.10. The number of fused-ring (bicyclic) bond motifs is 2. The van der Waals surface area contributed by atoms with Crippen molar-refractivity contribution in [3.8, 4) is 5.75 Å². The molecule has 1 heterocycles. The predicted molar refractivity (Wildman–Crippen MR) is 174 cm³/mol. The highest BCUT2D eigenvalue weighted by Gasteiger charge is 2.38. The number of nitrogens with zero attached hydrogens (tertiary/aromatic N) is 2. The van der Waals surface area contributed by atoms with Crippen LogP contribution in [-0.2, 0) is 16.1 Å². The number of hydrogen-bond donors (Lipinski definition) is 2. The first-order chi connectivity index (χ1) is 21.6. The fourth-order valence-corrected chi connectivity index (χ4v) is 5.32. The summed E-state index contributed by atoms with van der Waals surface area (Å²) in [6.45, 7) is -0.447. The molecular formula is C34H33ClF2N4O5. The third-order valence-electron chi connectivity index (χ3n) is 7.85. The number of carbonyl (C=O) groups is 4. The van der Waals surface area contributed by atoms with Gasteiger partial charge in [0.15, 0.2) is 5.78 Å². The fourth-order valence-electron chi connectivity index (χ4n) is 5.32. The third-order valence-corrected chi connectivity index (χ3v) is 7.85. The summed E-state index contributed by atoms with van der Waals surface area (Å²) in [5.41, 5.74) is 1.76. The summed E-state index contributed by atoms with van der Waals surface area (Å²) in [6, 6.07) is 21.3. The van der Waals surface area contributed by atoms with E-state index in [9.17, 15) is 28.0 Å². The Morgan fingerprint density at radius 2 is 1.54 bits per heavy atom. The van der Waals surface area contributed by atoms with E-state index in [1.54, 1.807) is 68.6 Å². The molecule has 0 fully saturated rings. The number of amides is 3. The second kappa shape index (κ2) is 14.5. The number of alkyl halides is 2. The first kappa shape index (κ1) is 34.0. The van der Waals surface area contributed by atoms with E-state index >= 15 is 0 Å². The second-order valence-corrected chi connectivity index (χ2v) is 10.7. The van der Waals surface area contributed by atoms with Crippen molar-refractivity contribution >= 4 is 58.1 Å². The molecule has 0 saturated carbocycles. The van der Waals surface area contributed by atoms with Crippen LogP contribution in [0.3, 0.4) is 0 Å². The maximum Gasteiger partial charge on any atom is 0.387 e. The van der Waals surface area contributed by atoms with Crippen molar-refractivity contribution in [2.45, 2.75) is 39.1 Å². The molecule has 4 aromatic carbocycles. The fraction of sp³-hybridized carbons (Fsp3) is 0.235. The number of Topliss-reactive ketones (excluding diaryl/α,β-unsaturated/α-hetero) is 1. The van der Waals surface area contributed by atoms with Crippen LogP contribution in [0.5, 0.6) is 5.75 Å².